The summed E-state index contributed by atoms with van der Waals surface area (Å²) < 4.78 is 66.2. The molecule has 0 saturated heterocycles. The van der Waals surface area contributed by atoms with E-state index in [9.17, 15) is 13.2 Å². The molecule has 0 aliphatic carbocycles. The van der Waals surface area contributed by atoms with Gasteiger partial charge in [0.05, 0.1) is 19.2 Å². The number of benzene rings is 2. The average molecular weight is 602 g/mol. The van der Waals surface area contributed by atoms with Crippen molar-refractivity contribution in [2.75, 3.05) is 7.11 Å². The van der Waals surface area contributed by atoms with E-state index in [1.807, 2.05) is 24.3 Å². The third-order valence-corrected chi connectivity index (χ3v) is 5.67. The fourth-order valence-electron chi connectivity index (χ4n) is 2.65. The van der Waals surface area contributed by atoms with Crippen LogP contribution in [0.15, 0.2) is 50.3 Å². The molecule has 0 atom stereocenters. The Morgan fingerprint density at radius 2 is 1.66 bits per heavy atom. The Kier molecular flexibility index (Phi) is 8.82. The predicted molar refractivity (Wildman–Crippen MR) is 117 cm³/mol. The highest BCUT2D eigenvalue weighted by Crippen LogP contribution is 2.22. The highest BCUT2D eigenvalue weighted by atomic mass is 79.9. The number of methoxy groups -OCH3 is 1. The van der Waals surface area contributed by atoms with Gasteiger partial charge in [0, 0.05) is 20.1 Å². The van der Waals surface area contributed by atoms with Crippen LogP contribution in [0.5, 0.6) is 0 Å². The summed E-state index contributed by atoms with van der Waals surface area (Å²) in [5.41, 5.74) is 1.68. The smallest absolute Gasteiger partial charge is 0.485 e. The van der Waals surface area contributed by atoms with E-state index >= 15 is 0 Å². The number of alkyl halides is 3. The van der Waals surface area contributed by atoms with Gasteiger partial charge < -0.3 is 14.7 Å². The van der Waals surface area contributed by atoms with Crippen LogP contribution in [0.3, 0.4) is 0 Å². The first-order valence-electron chi connectivity index (χ1n) is 8.63. The Hall–Kier alpha value is -2.00. The lowest BCUT2D eigenvalue weighted by Gasteiger charge is -2.08. The molecule has 8 nitrogen and oxygen atoms in total. The zero-order chi connectivity index (χ0) is 24.1. The number of hydrazine groups is 1. The zero-order valence-electron chi connectivity index (χ0n) is 16.3. The van der Waals surface area contributed by atoms with Crippen molar-refractivity contribution in [3.8, 4) is 0 Å². The van der Waals surface area contributed by atoms with Crippen molar-refractivity contribution in [2.24, 2.45) is 10.8 Å². The molecule has 174 valence electrons. The van der Waals surface area contributed by atoms with E-state index in [0.29, 0.717) is 0 Å². The normalized spacial score (nSPS) is 14.0. The monoisotopic (exact) mass is 600 g/mol. The number of amidine groups is 1. The number of fused-ring (bicyclic) bond motifs is 2. The molecule has 14 heteroatoms. The summed E-state index contributed by atoms with van der Waals surface area (Å²) >= 11 is 6.82. The molecule has 2 aromatic rings. The number of aliphatic imine (C=N–C) groups is 1. The van der Waals surface area contributed by atoms with Crippen molar-refractivity contribution < 1.29 is 35.9 Å². The van der Waals surface area contributed by atoms with Crippen LogP contribution in [0, 0.1) is 0 Å². The molecule has 0 bridgehead atoms. The lowest BCUT2D eigenvalue weighted by Crippen LogP contribution is -2.68. The molecule has 0 spiro atoms. The number of rotatable bonds is 0. The number of hydrogen-bond acceptors (Lipinski definition) is 7. The van der Waals surface area contributed by atoms with Gasteiger partial charge in [0.25, 0.3) is 0 Å². The summed E-state index contributed by atoms with van der Waals surface area (Å²) in [7, 11) is -4.41. The Morgan fingerprint density at radius 3 is 2.16 bits per heavy atom. The van der Waals surface area contributed by atoms with Crippen LogP contribution in [-0.4, -0.2) is 37.3 Å². The number of nitrogens with one attached hydrogen (secondary N) is 2. The molecule has 0 radical (unpaired) electrons. The first-order valence-corrected chi connectivity index (χ1v) is 11.6. The third kappa shape index (κ3) is 6.75. The molecule has 0 aromatic heterocycles. The maximum atomic E-state index is 10.7. The fraction of sp³-hybridized carbons (Fsp3) is 0.222. The first kappa shape index (κ1) is 26.3. The molecule has 2 aromatic carbocycles. The largest absolute Gasteiger partial charge is 0.741 e. The van der Waals surface area contributed by atoms with Crippen LogP contribution < -0.4 is 16.3 Å². The van der Waals surface area contributed by atoms with Crippen molar-refractivity contribution in [1.29, 1.82) is 0 Å². The molecule has 2 aliphatic rings. The van der Waals surface area contributed by atoms with E-state index in [4.69, 9.17) is 23.6 Å². The van der Waals surface area contributed by atoms with Gasteiger partial charge in [0.2, 0.25) is 0 Å². The predicted octanol–water partition coefficient (Wildman–Crippen LogP) is 1.66. The van der Waals surface area contributed by atoms with Gasteiger partial charge in [-0.2, -0.15) is 13.2 Å². The molecule has 4 rings (SSSR count). The molecule has 0 amide bonds. The molecule has 0 unspecified atom stereocenters. The standard InChI is InChI=1S/C9H8BrNO.C8H8BrN3.CHF3O3S/c1-12-9-8-4-7(10)3-2-6(8)5-11-9;9-6-2-1-5-4-11-8(12-10)7(5)3-6;2-1(3,4)8(5,6)7/h2-4H,5H2,1H3;1-3H,4,10H2,(H,11,12);(H,5,6,7). The second-order valence-corrected chi connectivity index (χ2v) is 9.40. The Morgan fingerprint density at radius 1 is 1.12 bits per heavy atom. The lowest BCUT2D eigenvalue weighted by atomic mass is 10.1. The van der Waals surface area contributed by atoms with Gasteiger partial charge >= 0.3 is 11.4 Å². The fourth-order valence-corrected chi connectivity index (χ4v) is 3.37. The minimum Gasteiger partial charge on any atom is -0.741 e. The van der Waals surface area contributed by atoms with Gasteiger partial charge in [0.1, 0.15) is 5.84 Å². The minimum atomic E-state index is -6.09. The molecule has 4 N–H and O–H groups in total. The summed E-state index contributed by atoms with van der Waals surface area (Å²) in [6.07, 6.45) is 0. The van der Waals surface area contributed by atoms with E-state index in [0.717, 1.165) is 44.9 Å². The van der Waals surface area contributed by atoms with Crippen molar-refractivity contribution >= 4 is 53.7 Å². The molecule has 0 fully saturated rings. The van der Waals surface area contributed by atoms with Crippen LogP contribution in [0.4, 0.5) is 13.2 Å². The third-order valence-electron chi connectivity index (χ3n) is 4.11. The molecule has 2 aliphatic heterocycles. The van der Waals surface area contributed by atoms with Crippen molar-refractivity contribution in [3.05, 3.63) is 67.6 Å². The average Bonchev–Trinajstić information content (AvgIpc) is 3.30. The van der Waals surface area contributed by atoms with Gasteiger partial charge in [-0.1, -0.05) is 44.0 Å². The molecular formula is C18H17Br2F3N4O4S. The Bertz CT molecular complexity index is 1090. The number of nitrogens with two attached hydrogens (primary N) is 1. The van der Waals surface area contributed by atoms with E-state index in [2.05, 4.69) is 59.4 Å². The summed E-state index contributed by atoms with van der Waals surface area (Å²) in [5.74, 6) is 6.94. The van der Waals surface area contributed by atoms with Gasteiger partial charge in [-0.3, -0.25) is 4.99 Å². The minimum absolute atomic E-state index is 0.724. The van der Waals surface area contributed by atoms with Crippen molar-refractivity contribution in [1.82, 2.24) is 5.43 Å². The summed E-state index contributed by atoms with van der Waals surface area (Å²) in [5, 5.41) is 0. The van der Waals surface area contributed by atoms with E-state index in [1.165, 1.54) is 11.1 Å². The Balaban J connectivity index is 0.000000175. The van der Waals surface area contributed by atoms with Gasteiger partial charge in [-0.05, 0) is 29.8 Å². The van der Waals surface area contributed by atoms with Crippen molar-refractivity contribution in [2.45, 2.75) is 18.6 Å². The van der Waals surface area contributed by atoms with E-state index in [-0.39, 0.29) is 0 Å². The first-order chi connectivity index (χ1) is 14.9. The second kappa shape index (κ2) is 10.7. The van der Waals surface area contributed by atoms with Gasteiger partial charge in [-0.25, -0.2) is 19.3 Å². The number of ether oxygens (including phenoxy) is 1. The zero-order valence-corrected chi connectivity index (χ0v) is 20.3. The van der Waals surface area contributed by atoms with Crippen LogP contribution in [-0.2, 0) is 27.9 Å². The summed E-state index contributed by atoms with van der Waals surface area (Å²) in [4.78, 5) is 7.40. The summed E-state index contributed by atoms with van der Waals surface area (Å²) in [6.45, 7) is 1.59. The molecule has 0 saturated carbocycles. The number of hydrogen-bond donors (Lipinski definition) is 3. The maximum absolute atomic E-state index is 10.7. The lowest BCUT2D eigenvalue weighted by molar-refractivity contribution is -0.478. The van der Waals surface area contributed by atoms with Crippen molar-refractivity contribution in [3.63, 3.8) is 0 Å². The SMILES string of the molecule is COC1=[NH+]Cc2ccc(Br)cc21.NNC1=NCc2ccc(Br)cc21.O=S(=O)([O-])C(F)(F)F. The van der Waals surface area contributed by atoms with Gasteiger partial charge in [-0.15, -0.1) is 0 Å². The number of halogens is 5. The van der Waals surface area contributed by atoms with Crippen LogP contribution in [0.25, 0.3) is 0 Å². The quantitative estimate of drug-likeness (QED) is 0.182. The molecule has 32 heavy (non-hydrogen) atoms. The number of nitrogens with zero attached hydrogens (tertiary/aromatic N) is 1. The van der Waals surface area contributed by atoms with E-state index in [1.54, 1.807) is 7.11 Å². The van der Waals surface area contributed by atoms with Gasteiger partial charge in [0.15, 0.2) is 16.7 Å². The van der Waals surface area contributed by atoms with E-state index < -0.39 is 15.6 Å². The second-order valence-electron chi connectivity index (χ2n) is 6.20. The van der Waals surface area contributed by atoms with Crippen LogP contribution >= 0.6 is 31.9 Å². The highest BCUT2D eigenvalue weighted by Gasteiger charge is 2.36. The molecule has 2 heterocycles. The maximum Gasteiger partial charge on any atom is 0.485 e. The molecular weight excluding hydrogens is 585 g/mol. The Labute approximate surface area is 198 Å². The highest BCUT2D eigenvalue weighted by molar-refractivity contribution is 9.10. The topological polar surface area (TPSA) is 131 Å². The summed E-state index contributed by atoms with van der Waals surface area (Å²) in [6, 6.07) is 12.3. The van der Waals surface area contributed by atoms with Crippen LogP contribution in [0.2, 0.25) is 0 Å². The van der Waals surface area contributed by atoms with Crippen LogP contribution in [0.1, 0.15) is 22.3 Å².